The van der Waals surface area contributed by atoms with Crippen LogP contribution in [-0.2, 0) is 15.0 Å². The molecule has 0 saturated carbocycles. The smallest absolute Gasteiger partial charge is 0.280 e. The van der Waals surface area contributed by atoms with Crippen LogP contribution in [0.3, 0.4) is 0 Å². The molecule has 2 heterocycles. The van der Waals surface area contributed by atoms with Crippen molar-refractivity contribution in [3.63, 3.8) is 0 Å². The SMILES string of the molecule is CN1C(C(=O)Nc2ccc(F)c(Cl)c2)CC(c2cc(-c3ccc(Br)c(F)c3)cs2)NS1(=O)=O. The van der Waals surface area contributed by atoms with Gasteiger partial charge in [0.2, 0.25) is 5.91 Å². The first-order valence-corrected chi connectivity index (χ1v) is 13.1. The molecule has 0 bridgehead atoms. The highest BCUT2D eigenvalue weighted by Gasteiger charge is 2.41. The molecule has 1 amide bonds. The first kappa shape index (κ1) is 24.2. The molecule has 6 nitrogen and oxygen atoms in total. The zero-order valence-electron chi connectivity index (χ0n) is 17.0. The summed E-state index contributed by atoms with van der Waals surface area (Å²) in [4.78, 5) is 13.6. The number of carbonyl (C=O) groups is 1. The number of thiophene rings is 1. The first-order valence-electron chi connectivity index (χ1n) is 9.60. The Labute approximate surface area is 206 Å². The fourth-order valence-electron chi connectivity index (χ4n) is 3.46. The van der Waals surface area contributed by atoms with Gasteiger partial charge in [0, 0.05) is 17.6 Å². The van der Waals surface area contributed by atoms with E-state index in [1.807, 2.05) is 0 Å². The van der Waals surface area contributed by atoms with E-state index in [0.29, 0.717) is 14.9 Å². The van der Waals surface area contributed by atoms with E-state index in [2.05, 4.69) is 26.0 Å². The standard InChI is InChI=1S/C21H17BrClF2N3O3S2/c1-28-19(21(29)26-13-3-5-16(24)15(23)8-13)9-18(27-33(28,30)31)20-7-12(10-32-20)11-2-4-14(22)17(25)6-11/h2-8,10,18-19,27H,9H2,1H3,(H,26,29). The molecule has 33 heavy (non-hydrogen) atoms. The number of rotatable bonds is 4. The van der Waals surface area contributed by atoms with Crippen LogP contribution in [0.15, 0.2) is 52.3 Å². The van der Waals surface area contributed by atoms with Crippen LogP contribution in [0.2, 0.25) is 5.02 Å². The summed E-state index contributed by atoms with van der Waals surface area (Å²) in [7, 11) is -2.64. The summed E-state index contributed by atoms with van der Waals surface area (Å²) in [5.74, 6) is -1.60. The highest BCUT2D eigenvalue weighted by Crippen LogP contribution is 2.36. The van der Waals surface area contributed by atoms with E-state index in [9.17, 15) is 22.0 Å². The topological polar surface area (TPSA) is 78.5 Å². The predicted molar refractivity (Wildman–Crippen MR) is 128 cm³/mol. The lowest BCUT2D eigenvalue weighted by Crippen LogP contribution is -2.55. The maximum absolute atomic E-state index is 13.9. The second-order valence-electron chi connectivity index (χ2n) is 7.43. The number of hydrogen-bond donors (Lipinski definition) is 2. The summed E-state index contributed by atoms with van der Waals surface area (Å²) < 4.78 is 56.6. The Kier molecular flexibility index (Phi) is 6.90. The third-order valence-electron chi connectivity index (χ3n) is 5.27. The number of carbonyl (C=O) groups excluding carboxylic acids is 1. The minimum atomic E-state index is -3.95. The van der Waals surface area contributed by atoms with Crippen molar-refractivity contribution in [2.24, 2.45) is 0 Å². The number of amides is 1. The van der Waals surface area contributed by atoms with E-state index >= 15 is 0 Å². The zero-order chi connectivity index (χ0) is 23.9. The number of nitrogens with one attached hydrogen (secondary N) is 2. The van der Waals surface area contributed by atoms with Crippen LogP contribution in [0.1, 0.15) is 17.3 Å². The Morgan fingerprint density at radius 2 is 1.94 bits per heavy atom. The van der Waals surface area contributed by atoms with Crippen molar-refractivity contribution in [1.29, 1.82) is 0 Å². The van der Waals surface area contributed by atoms with Gasteiger partial charge in [0.1, 0.15) is 17.7 Å². The van der Waals surface area contributed by atoms with Crippen molar-refractivity contribution in [2.45, 2.75) is 18.5 Å². The fraction of sp³-hybridized carbons (Fsp3) is 0.190. The molecule has 1 aromatic heterocycles. The van der Waals surface area contributed by atoms with Crippen LogP contribution in [0.4, 0.5) is 14.5 Å². The van der Waals surface area contributed by atoms with Gasteiger partial charge >= 0.3 is 0 Å². The lowest BCUT2D eigenvalue weighted by Gasteiger charge is -2.35. The minimum absolute atomic E-state index is 0.158. The van der Waals surface area contributed by atoms with Gasteiger partial charge in [-0.3, -0.25) is 4.79 Å². The van der Waals surface area contributed by atoms with E-state index in [1.54, 1.807) is 23.6 Å². The summed E-state index contributed by atoms with van der Waals surface area (Å²) in [6.07, 6.45) is 0.158. The normalized spacial score (nSPS) is 20.5. The van der Waals surface area contributed by atoms with Gasteiger partial charge in [-0.1, -0.05) is 17.7 Å². The maximum Gasteiger partial charge on any atom is 0.280 e. The molecule has 2 unspecified atom stereocenters. The molecule has 1 aliphatic heterocycles. The van der Waals surface area contributed by atoms with Crippen LogP contribution in [0.5, 0.6) is 0 Å². The van der Waals surface area contributed by atoms with Crippen LogP contribution < -0.4 is 10.0 Å². The summed E-state index contributed by atoms with van der Waals surface area (Å²) >= 11 is 10.2. The highest BCUT2D eigenvalue weighted by atomic mass is 79.9. The lowest BCUT2D eigenvalue weighted by molar-refractivity contribution is -0.120. The molecule has 0 spiro atoms. The molecular formula is C21H17BrClF2N3O3S2. The van der Waals surface area contributed by atoms with Crippen molar-refractivity contribution in [3.05, 3.63) is 73.9 Å². The second-order valence-corrected chi connectivity index (χ2v) is 11.4. The molecule has 4 rings (SSSR count). The number of benzene rings is 2. The first-order chi connectivity index (χ1) is 15.5. The van der Waals surface area contributed by atoms with E-state index < -0.39 is 39.8 Å². The van der Waals surface area contributed by atoms with Crippen LogP contribution >= 0.6 is 38.9 Å². The number of nitrogens with zero attached hydrogens (tertiary/aromatic N) is 1. The van der Waals surface area contributed by atoms with Gasteiger partial charge in [-0.15, -0.1) is 11.3 Å². The van der Waals surface area contributed by atoms with E-state index in [0.717, 1.165) is 15.9 Å². The minimum Gasteiger partial charge on any atom is -0.325 e. The molecule has 2 N–H and O–H groups in total. The monoisotopic (exact) mass is 575 g/mol. The molecule has 1 aliphatic rings. The number of anilines is 1. The Hall–Kier alpha value is -1.89. The van der Waals surface area contributed by atoms with E-state index in [-0.39, 0.29) is 17.1 Å². The van der Waals surface area contributed by atoms with Crippen molar-refractivity contribution in [1.82, 2.24) is 9.03 Å². The summed E-state index contributed by atoms with van der Waals surface area (Å²) in [5.41, 5.74) is 1.64. The lowest BCUT2D eigenvalue weighted by atomic mass is 10.0. The summed E-state index contributed by atoms with van der Waals surface area (Å²) in [6, 6.07) is 8.56. The van der Waals surface area contributed by atoms with E-state index in [4.69, 9.17) is 11.6 Å². The molecular weight excluding hydrogens is 560 g/mol. The highest BCUT2D eigenvalue weighted by molar-refractivity contribution is 9.10. The Balaban J connectivity index is 1.57. The van der Waals surface area contributed by atoms with Crippen molar-refractivity contribution in [2.75, 3.05) is 12.4 Å². The maximum atomic E-state index is 13.9. The molecule has 3 aromatic rings. The van der Waals surface area contributed by atoms with Crippen LogP contribution in [-0.4, -0.2) is 31.7 Å². The van der Waals surface area contributed by atoms with Gasteiger partial charge in [-0.2, -0.15) is 17.4 Å². The fourth-order valence-corrected chi connectivity index (χ4v) is 6.21. The molecule has 0 radical (unpaired) electrons. The van der Waals surface area contributed by atoms with Gasteiger partial charge < -0.3 is 5.32 Å². The molecule has 2 atom stereocenters. The van der Waals surface area contributed by atoms with Gasteiger partial charge in [0.25, 0.3) is 10.2 Å². The van der Waals surface area contributed by atoms with Gasteiger partial charge in [0.05, 0.1) is 15.5 Å². The number of halogens is 4. The molecule has 1 fully saturated rings. The van der Waals surface area contributed by atoms with Gasteiger partial charge in [-0.25, -0.2) is 8.78 Å². The van der Waals surface area contributed by atoms with Crippen LogP contribution in [0, 0.1) is 11.6 Å². The number of likely N-dealkylation sites (N-methyl/N-ethyl adjacent to an activating group) is 1. The predicted octanol–water partition coefficient (Wildman–Crippen LogP) is 5.33. The Morgan fingerprint density at radius 1 is 1.18 bits per heavy atom. The van der Waals surface area contributed by atoms with Gasteiger partial charge in [0.15, 0.2) is 0 Å². The average Bonchev–Trinajstić information content (AvgIpc) is 3.25. The van der Waals surface area contributed by atoms with Crippen molar-refractivity contribution in [3.8, 4) is 11.1 Å². The van der Waals surface area contributed by atoms with Crippen molar-refractivity contribution >= 4 is 60.7 Å². The quantitative estimate of drug-likeness (QED) is 0.441. The zero-order valence-corrected chi connectivity index (χ0v) is 21.0. The molecule has 1 saturated heterocycles. The third kappa shape index (κ3) is 5.13. The van der Waals surface area contributed by atoms with Crippen LogP contribution in [0.25, 0.3) is 11.1 Å². The van der Waals surface area contributed by atoms with Crippen molar-refractivity contribution < 1.29 is 22.0 Å². The second kappa shape index (κ2) is 9.40. The summed E-state index contributed by atoms with van der Waals surface area (Å²) in [6.45, 7) is 0. The average molecular weight is 577 g/mol. The molecule has 174 valence electrons. The largest absolute Gasteiger partial charge is 0.325 e. The number of hydrogen-bond acceptors (Lipinski definition) is 4. The summed E-state index contributed by atoms with van der Waals surface area (Å²) in [5, 5.41) is 4.24. The van der Waals surface area contributed by atoms with E-state index in [1.165, 1.54) is 36.6 Å². The molecule has 2 aromatic carbocycles. The molecule has 0 aliphatic carbocycles. The van der Waals surface area contributed by atoms with Gasteiger partial charge in [-0.05, 0) is 75.3 Å². The Bertz CT molecular complexity index is 1340. The molecule has 12 heteroatoms. The third-order valence-corrected chi connectivity index (χ3v) is 8.85. The Morgan fingerprint density at radius 3 is 2.64 bits per heavy atom.